The Morgan fingerprint density at radius 3 is 2.47 bits per heavy atom. The SMILES string of the molecule is O=C(O)C1C(c2cc(Cl)c3nsnc3c2)c2ccccc2S(=O)(=O)N1c1ccccc1Cl. The third-order valence-electron chi connectivity index (χ3n) is 5.40. The Hall–Kier alpha value is -2.72. The van der Waals surface area contributed by atoms with E-state index in [1.807, 2.05) is 0 Å². The van der Waals surface area contributed by atoms with Gasteiger partial charge in [0.2, 0.25) is 0 Å². The van der Waals surface area contributed by atoms with Gasteiger partial charge >= 0.3 is 5.97 Å². The standard InChI is InChI=1S/C21H13Cl2N3O4S2/c22-13-6-2-3-7-16(13)26-20(21(27)28)18(12-5-1-4-8-17(12)32(26,29)30)11-9-14(23)19-15(10-11)24-31-25-19/h1-10,18,20H,(H,27,28). The number of sulfonamides is 1. The van der Waals surface area contributed by atoms with Crippen LogP contribution in [0.15, 0.2) is 65.6 Å². The van der Waals surface area contributed by atoms with Crippen LogP contribution in [0.3, 0.4) is 0 Å². The number of carbonyl (C=O) groups is 1. The summed E-state index contributed by atoms with van der Waals surface area (Å²) in [5, 5.41) is 10.7. The zero-order valence-corrected chi connectivity index (χ0v) is 19.2. The van der Waals surface area contributed by atoms with Gasteiger partial charge in [0.05, 0.1) is 32.4 Å². The number of hydrogen-bond donors (Lipinski definition) is 1. The van der Waals surface area contributed by atoms with E-state index in [1.165, 1.54) is 18.2 Å². The van der Waals surface area contributed by atoms with E-state index in [1.54, 1.807) is 42.5 Å². The van der Waals surface area contributed by atoms with Gasteiger partial charge in [0.1, 0.15) is 11.0 Å². The number of nitrogens with zero attached hydrogens (tertiary/aromatic N) is 3. The number of carboxylic acids is 1. The second kappa shape index (κ2) is 7.70. The molecule has 5 rings (SSSR count). The second-order valence-electron chi connectivity index (χ2n) is 7.19. The predicted molar refractivity (Wildman–Crippen MR) is 123 cm³/mol. The molecule has 0 saturated carbocycles. The van der Waals surface area contributed by atoms with E-state index < -0.39 is 28.0 Å². The van der Waals surface area contributed by atoms with E-state index in [4.69, 9.17) is 23.2 Å². The molecule has 1 aliphatic rings. The third-order valence-corrected chi connectivity index (χ3v) is 8.42. The summed E-state index contributed by atoms with van der Waals surface area (Å²) in [5.41, 5.74) is 1.98. The molecule has 2 heterocycles. The van der Waals surface area contributed by atoms with Crippen molar-refractivity contribution in [3.63, 3.8) is 0 Å². The maximum atomic E-state index is 13.6. The number of benzene rings is 3. The van der Waals surface area contributed by atoms with Crippen LogP contribution in [0.5, 0.6) is 0 Å². The van der Waals surface area contributed by atoms with Crippen LogP contribution < -0.4 is 4.31 Å². The maximum absolute atomic E-state index is 13.6. The fourth-order valence-electron chi connectivity index (χ4n) is 4.10. The largest absolute Gasteiger partial charge is 0.480 e. The summed E-state index contributed by atoms with van der Waals surface area (Å²) in [5.74, 6) is -2.19. The van der Waals surface area contributed by atoms with E-state index >= 15 is 0 Å². The van der Waals surface area contributed by atoms with Crippen molar-refractivity contribution in [1.29, 1.82) is 0 Å². The van der Waals surface area contributed by atoms with Gasteiger partial charge in [0, 0.05) is 5.92 Å². The van der Waals surface area contributed by atoms with Crippen LogP contribution >= 0.6 is 34.9 Å². The lowest BCUT2D eigenvalue weighted by atomic mass is 9.84. The Morgan fingerprint density at radius 1 is 1.00 bits per heavy atom. The van der Waals surface area contributed by atoms with Crippen LogP contribution in [-0.2, 0) is 14.8 Å². The van der Waals surface area contributed by atoms with Crippen molar-refractivity contribution in [2.75, 3.05) is 4.31 Å². The molecule has 32 heavy (non-hydrogen) atoms. The molecule has 0 bridgehead atoms. The predicted octanol–water partition coefficient (Wildman–Crippen LogP) is 4.79. The first-order valence-electron chi connectivity index (χ1n) is 9.33. The molecule has 0 radical (unpaired) electrons. The monoisotopic (exact) mass is 505 g/mol. The molecule has 11 heteroatoms. The van der Waals surface area contributed by atoms with Crippen molar-refractivity contribution in [1.82, 2.24) is 8.75 Å². The molecule has 0 amide bonds. The van der Waals surface area contributed by atoms with Crippen molar-refractivity contribution in [2.24, 2.45) is 0 Å². The van der Waals surface area contributed by atoms with E-state index in [0.717, 1.165) is 16.0 Å². The third kappa shape index (κ3) is 3.15. The summed E-state index contributed by atoms with van der Waals surface area (Å²) >= 11 is 13.7. The fraction of sp³-hybridized carbons (Fsp3) is 0.0952. The number of rotatable bonds is 3. The smallest absolute Gasteiger partial charge is 0.328 e. The fourth-order valence-corrected chi connectivity index (χ4v) is 7.12. The zero-order chi connectivity index (χ0) is 22.6. The number of halogens is 2. The highest BCUT2D eigenvalue weighted by molar-refractivity contribution is 7.93. The summed E-state index contributed by atoms with van der Waals surface area (Å²) in [7, 11) is -4.23. The molecule has 0 fully saturated rings. The first-order chi connectivity index (χ1) is 15.3. The average Bonchev–Trinajstić information content (AvgIpc) is 3.23. The Morgan fingerprint density at radius 2 is 1.72 bits per heavy atom. The highest BCUT2D eigenvalue weighted by atomic mass is 35.5. The molecule has 2 atom stereocenters. The summed E-state index contributed by atoms with van der Waals surface area (Å²) < 4.78 is 36.6. The molecule has 0 spiro atoms. The average molecular weight is 506 g/mol. The molecule has 2 unspecified atom stereocenters. The van der Waals surface area contributed by atoms with Crippen LogP contribution in [0, 0.1) is 0 Å². The lowest BCUT2D eigenvalue weighted by Gasteiger charge is -2.41. The van der Waals surface area contributed by atoms with Crippen LogP contribution in [0.25, 0.3) is 11.0 Å². The number of hydrogen-bond acceptors (Lipinski definition) is 6. The molecule has 1 N–H and O–H groups in total. The van der Waals surface area contributed by atoms with E-state index in [-0.39, 0.29) is 15.6 Å². The molecule has 0 saturated heterocycles. The van der Waals surface area contributed by atoms with Gasteiger partial charge < -0.3 is 5.11 Å². The minimum Gasteiger partial charge on any atom is -0.480 e. The highest BCUT2D eigenvalue weighted by Crippen LogP contribution is 2.46. The van der Waals surface area contributed by atoms with Crippen molar-refractivity contribution in [3.05, 3.63) is 81.8 Å². The van der Waals surface area contributed by atoms with Gasteiger partial charge in [-0.1, -0.05) is 53.5 Å². The minimum absolute atomic E-state index is 0.00930. The molecule has 4 aromatic rings. The molecule has 7 nitrogen and oxygen atoms in total. The number of carboxylic acid groups (broad SMARTS) is 1. The summed E-state index contributed by atoms with van der Waals surface area (Å²) in [6, 6.07) is 14.4. The van der Waals surface area contributed by atoms with Gasteiger partial charge in [-0.05, 0) is 41.5 Å². The van der Waals surface area contributed by atoms with Crippen molar-refractivity contribution in [2.45, 2.75) is 16.9 Å². The van der Waals surface area contributed by atoms with E-state index in [9.17, 15) is 18.3 Å². The Balaban J connectivity index is 1.85. The summed E-state index contributed by atoms with van der Waals surface area (Å²) in [4.78, 5) is 12.6. The molecule has 1 aliphatic heterocycles. The van der Waals surface area contributed by atoms with Gasteiger partial charge in [-0.3, -0.25) is 0 Å². The maximum Gasteiger partial charge on any atom is 0.328 e. The Labute approximate surface area is 197 Å². The quantitative estimate of drug-likeness (QED) is 0.429. The molecular weight excluding hydrogens is 493 g/mol. The molecular formula is C21H13Cl2N3O4S2. The van der Waals surface area contributed by atoms with Gasteiger partial charge in [-0.15, -0.1) is 0 Å². The lowest BCUT2D eigenvalue weighted by Crippen LogP contribution is -2.52. The number of fused-ring (bicyclic) bond motifs is 2. The van der Waals surface area contributed by atoms with E-state index in [0.29, 0.717) is 27.2 Å². The topological polar surface area (TPSA) is 100 Å². The molecule has 3 aromatic carbocycles. The zero-order valence-electron chi connectivity index (χ0n) is 16.0. The Bertz CT molecular complexity index is 1490. The second-order valence-corrected chi connectivity index (χ2v) is 10.3. The van der Waals surface area contributed by atoms with Crippen LogP contribution in [-0.4, -0.2) is 34.3 Å². The van der Waals surface area contributed by atoms with Gasteiger partial charge in [0.25, 0.3) is 10.0 Å². The van der Waals surface area contributed by atoms with Crippen LogP contribution in [0.2, 0.25) is 10.0 Å². The minimum atomic E-state index is -4.23. The summed E-state index contributed by atoms with van der Waals surface area (Å²) in [6.45, 7) is 0. The van der Waals surface area contributed by atoms with Crippen LogP contribution in [0.1, 0.15) is 17.0 Å². The number of para-hydroxylation sites is 1. The molecule has 1 aromatic heterocycles. The number of anilines is 1. The normalized spacial score (nSPS) is 19.6. The summed E-state index contributed by atoms with van der Waals surface area (Å²) in [6.07, 6.45) is 0. The number of aromatic nitrogens is 2. The Kier molecular flexibility index (Phi) is 5.09. The lowest BCUT2D eigenvalue weighted by molar-refractivity contribution is -0.138. The molecule has 0 aliphatic carbocycles. The number of aliphatic carboxylic acids is 1. The van der Waals surface area contributed by atoms with Gasteiger partial charge in [0.15, 0.2) is 6.04 Å². The van der Waals surface area contributed by atoms with Crippen molar-refractivity contribution >= 4 is 67.6 Å². The van der Waals surface area contributed by atoms with Gasteiger partial charge in [-0.2, -0.15) is 8.75 Å². The van der Waals surface area contributed by atoms with Crippen molar-refractivity contribution in [3.8, 4) is 0 Å². The first kappa shape index (κ1) is 21.1. The molecule has 162 valence electrons. The highest BCUT2D eigenvalue weighted by Gasteiger charge is 2.49. The van der Waals surface area contributed by atoms with Crippen LogP contribution in [0.4, 0.5) is 5.69 Å². The first-order valence-corrected chi connectivity index (χ1v) is 12.3. The van der Waals surface area contributed by atoms with E-state index in [2.05, 4.69) is 8.75 Å². The van der Waals surface area contributed by atoms with Gasteiger partial charge in [-0.25, -0.2) is 17.5 Å². The van der Waals surface area contributed by atoms with Crippen molar-refractivity contribution < 1.29 is 18.3 Å².